The van der Waals surface area contributed by atoms with Crippen molar-refractivity contribution in [2.75, 3.05) is 6.61 Å². The molecule has 0 heterocycles. The Morgan fingerprint density at radius 2 is 1.27 bits per heavy atom. The monoisotopic (exact) mass is 450 g/mol. The smallest absolute Gasteiger partial charge is 0.123 e. The predicted octanol–water partition coefficient (Wildman–Crippen LogP) is 10.5. The van der Waals surface area contributed by atoms with Crippen molar-refractivity contribution < 1.29 is 4.74 Å². The third-order valence-corrected chi connectivity index (χ3v) is 6.32. The first kappa shape index (κ1) is 27.1. The molecule has 0 unspecified atom stereocenters. The van der Waals surface area contributed by atoms with Gasteiger partial charge in [0.25, 0.3) is 0 Å². The minimum Gasteiger partial charge on any atom is -0.493 e. The predicted molar refractivity (Wildman–Crippen MR) is 143 cm³/mol. The van der Waals surface area contributed by atoms with E-state index in [9.17, 15) is 0 Å². The third-order valence-electron chi connectivity index (χ3n) is 6.32. The highest BCUT2D eigenvalue weighted by Crippen LogP contribution is 2.35. The van der Waals surface area contributed by atoms with Crippen molar-refractivity contribution in [3.8, 4) is 5.75 Å². The molecule has 0 aliphatic rings. The number of azo groups is 1. The zero-order valence-corrected chi connectivity index (χ0v) is 22.0. The molecule has 0 fully saturated rings. The quantitative estimate of drug-likeness (QED) is 0.196. The topological polar surface area (TPSA) is 34.0 Å². The normalized spacial score (nSPS) is 11.6. The number of rotatable bonds is 15. The molecule has 0 atom stereocenters. The first-order valence-corrected chi connectivity index (χ1v) is 13.2. The van der Waals surface area contributed by atoms with E-state index >= 15 is 0 Å². The van der Waals surface area contributed by atoms with E-state index in [-0.39, 0.29) is 0 Å². The maximum absolute atomic E-state index is 6.23. The first-order valence-electron chi connectivity index (χ1n) is 13.2. The molecule has 0 radical (unpaired) electrons. The van der Waals surface area contributed by atoms with Crippen molar-refractivity contribution in [2.24, 2.45) is 10.2 Å². The van der Waals surface area contributed by atoms with E-state index in [1.54, 1.807) is 0 Å². The molecular formula is C30H46N2O. The number of nitrogens with zero attached hydrogens (tertiary/aromatic N) is 2. The standard InChI is InChI=1S/C30H46N2O/c1-7-8-9-10-11-12-13-14-15-16-19-33-30-21-26(6)29(22-27(30)23(2)3)32-31-28-18-17-24(4)20-25(28)5/h17-18,20-23H,7-16,19H2,1-6H3/b32-31+. The molecule has 33 heavy (non-hydrogen) atoms. The third kappa shape index (κ3) is 9.70. The van der Waals surface area contributed by atoms with E-state index in [0.717, 1.165) is 41.3 Å². The van der Waals surface area contributed by atoms with E-state index in [2.05, 4.69) is 76.0 Å². The average molecular weight is 451 g/mol. The number of unbranched alkanes of at least 4 members (excludes halogenated alkanes) is 9. The van der Waals surface area contributed by atoms with Crippen molar-refractivity contribution in [1.29, 1.82) is 0 Å². The lowest BCUT2D eigenvalue weighted by Crippen LogP contribution is -2.02. The summed E-state index contributed by atoms with van der Waals surface area (Å²) in [6, 6.07) is 10.6. The van der Waals surface area contributed by atoms with Gasteiger partial charge in [-0.15, -0.1) is 0 Å². The Kier molecular flexibility index (Phi) is 12.2. The van der Waals surface area contributed by atoms with Crippen molar-refractivity contribution in [2.45, 2.75) is 112 Å². The van der Waals surface area contributed by atoms with Crippen LogP contribution in [0.1, 0.15) is 113 Å². The molecule has 0 N–H and O–H groups in total. The number of hydrogen-bond acceptors (Lipinski definition) is 3. The summed E-state index contributed by atoms with van der Waals surface area (Å²) < 4.78 is 6.23. The van der Waals surface area contributed by atoms with Gasteiger partial charge >= 0.3 is 0 Å². The van der Waals surface area contributed by atoms with Crippen LogP contribution in [0.3, 0.4) is 0 Å². The van der Waals surface area contributed by atoms with Crippen molar-refractivity contribution >= 4 is 11.4 Å². The van der Waals surface area contributed by atoms with Crippen LogP contribution in [0.5, 0.6) is 5.75 Å². The van der Waals surface area contributed by atoms with E-state index < -0.39 is 0 Å². The van der Waals surface area contributed by atoms with Gasteiger partial charge < -0.3 is 4.74 Å². The highest BCUT2D eigenvalue weighted by atomic mass is 16.5. The molecule has 0 saturated heterocycles. The number of aryl methyl sites for hydroxylation is 3. The average Bonchev–Trinajstić information content (AvgIpc) is 2.77. The zero-order chi connectivity index (χ0) is 24.1. The van der Waals surface area contributed by atoms with E-state index in [1.165, 1.54) is 68.9 Å². The second-order valence-electron chi connectivity index (χ2n) is 9.85. The van der Waals surface area contributed by atoms with Crippen LogP contribution in [-0.4, -0.2) is 6.61 Å². The second-order valence-corrected chi connectivity index (χ2v) is 9.85. The highest BCUT2D eigenvalue weighted by Gasteiger charge is 2.12. The van der Waals surface area contributed by atoms with Gasteiger partial charge in [0.2, 0.25) is 0 Å². The van der Waals surface area contributed by atoms with Crippen molar-refractivity contribution in [1.82, 2.24) is 0 Å². The van der Waals surface area contributed by atoms with Gasteiger partial charge in [0.15, 0.2) is 0 Å². The van der Waals surface area contributed by atoms with Gasteiger partial charge in [0.05, 0.1) is 18.0 Å². The van der Waals surface area contributed by atoms with Gasteiger partial charge in [-0.2, -0.15) is 10.2 Å². The fourth-order valence-electron chi connectivity index (χ4n) is 4.17. The Labute approximate surface area is 203 Å². The summed E-state index contributed by atoms with van der Waals surface area (Å²) in [5, 5.41) is 9.11. The number of ether oxygens (including phenoxy) is 1. The van der Waals surface area contributed by atoms with Crippen LogP contribution in [-0.2, 0) is 0 Å². The van der Waals surface area contributed by atoms with Gasteiger partial charge in [0.1, 0.15) is 5.75 Å². The molecule has 2 rings (SSSR count). The highest BCUT2D eigenvalue weighted by molar-refractivity contribution is 5.55. The van der Waals surface area contributed by atoms with Crippen LogP contribution in [0.2, 0.25) is 0 Å². The summed E-state index contributed by atoms with van der Waals surface area (Å²) in [6.45, 7) is 13.8. The molecular weight excluding hydrogens is 404 g/mol. The molecule has 3 heteroatoms. The maximum atomic E-state index is 6.23. The van der Waals surface area contributed by atoms with Crippen LogP contribution >= 0.6 is 0 Å². The molecule has 0 aliphatic heterocycles. The fourth-order valence-corrected chi connectivity index (χ4v) is 4.17. The van der Waals surface area contributed by atoms with Crippen LogP contribution in [0.15, 0.2) is 40.6 Å². The number of hydrogen-bond donors (Lipinski definition) is 0. The zero-order valence-electron chi connectivity index (χ0n) is 22.0. The summed E-state index contributed by atoms with van der Waals surface area (Å²) in [5.74, 6) is 1.38. The molecule has 0 aliphatic carbocycles. The lowest BCUT2D eigenvalue weighted by molar-refractivity contribution is 0.300. The first-order chi connectivity index (χ1) is 15.9. The van der Waals surface area contributed by atoms with Crippen LogP contribution in [0, 0.1) is 20.8 Å². The van der Waals surface area contributed by atoms with Crippen LogP contribution < -0.4 is 4.74 Å². The van der Waals surface area contributed by atoms with Gasteiger partial charge in [-0.3, -0.25) is 0 Å². The van der Waals surface area contributed by atoms with E-state index in [1.807, 2.05) is 6.07 Å². The molecule has 0 aromatic heterocycles. The van der Waals surface area contributed by atoms with Crippen LogP contribution in [0.4, 0.5) is 11.4 Å². The summed E-state index contributed by atoms with van der Waals surface area (Å²) in [7, 11) is 0. The minimum absolute atomic E-state index is 0.378. The minimum atomic E-state index is 0.378. The van der Waals surface area contributed by atoms with E-state index in [0.29, 0.717) is 5.92 Å². The van der Waals surface area contributed by atoms with E-state index in [4.69, 9.17) is 4.74 Å². The SMILES string of the molecule is CCCCCCCCCCCCOc1cc(C)c(/N=N/c2ccc(C)cc2C)cc1C(C)C. The molecule has 0 spiro atoms. The maximum Gasteiger partial charge on any atom is 0.123 e. The van der Waals surface area contributed by atoms with Gasteiger partial charge in [-0.05, 0) is 68.0 Å². The fraction of sp³-hybridized carbons (Fsp3) is 0.600. The Morgan fingerprint density at radius 1 is 0.697 bits per heavy atom. The van der Waals surface area contributed by atoms with Gasteiger partial charge in [0, 0.05) is 0 Å². The Morgan fingerprint density at radius 3 is 1.88 bits per heavy atom. The molecule has 182 valence electrons. The summed E-state index contributed by atoms with van der Waals surface area (Å²) in [4.78, 5) is 0. The molecule has 0 saturated carbocycles. The molecule has 3 nitrogen and oxygen atoms in total. The Balaban J connectivity index is 1.86. The van der Waals surface area contributed by atoms with Crippen LogP contribution in [0.25, 0.3) is 0 Å². The van der Waals surface area contributed by atoms with Gasteiger partial charge in [-0.25, -0.2) is 0 Å². The van der Waals surface area contributed by atoms with Crippen molar-refractivity contribution in [3.05, 3.63) is 52.6 Å². The molecule has 0 bridgehead atoms. The lowest BCUT2D eigenvalue weighted by atomic mass is 9.99. The summed E-state index contributed by atoms with van der Waals surface area (Å²) in [6.07, 6.45) is 13.4. The molecule has 0 amide bonds. The number of benzene rings is 2. The summed E-state index contributed by atoms with van der Waals surface area (Å²) >= 11 is 0. The molecule has 2 aromatic rings. The Bertz CT molecular complexity index is 870. The molecule has 2 aromatic carbocycles. The lowest BCUT2D eigenvalue weighted by Gasteiger charge is -2.16. The van der Waals surface area contributed by atoms with Crippen molar-refractivity contribution in [3.63, 3.8) is 0 Å². The Hall–Kier alpha value is -2.16. The summed E-state index contributed by atoms with van der Waals surface area (Å²) in [5.41, 5.74) is 6.55. The van der Waals surface area contributed by atoms with Gasteiger partial charge in [-0.1, -0.05) is 96.3 Å². The second kappa shape index (κ2) is 14.9. The largest absolute Gasteiger partial charge is 0.493 e.